The molecule has 0 amide bonds. The van der Waals surface area contributed by atoms with E-state index in [1.54, 1.807) is 18.2 Å². The van der Waals surface area contributed by atoms with Gasteiger partial charge in [0.2, 0.25) is 5.95 Å². The number of piperidine rings is 1. The Labute approximate surface area is 156 Å². The van der Waals surface area contributed by atoms with Crippen LogP contribution in [-0.2, 0) is 0 Å². The van der Waals surface area contributed by atoms with Crippen LogP contribution >= 0.6 is 23.2 Å². The molecule has 0 radical (unpaired) electrons. The van der Waals surface area contributed by atoms with Crippen molar-refractivity contribution in [3.8, 4) is 17.2 Å². The fraction of sp³-hybridized carbons (Fsp3) is 0.353. The van der Waals surface area contributed by atoms with Gasteiger partial charge < -0.3 is 16.4 Å². The van der Waals surface area contributed by atoms with Gasteiger partial charge in [0.1, 0.15) is 11.9 Å². The van der Waals surface area contributed by atoms with Crippen LogP contribution in [0.2, 0.25) is 10.0 Å². The van der Waals surface area contributed by atoms with Crippen molar-refractivity contribution in [2.24, 2.45) is 5.73 Å². The standard InChI is InChI=1S/C17H18Cl2N6/c1-17(22)5-7-25(8-6-17)16-23-12(9-20)13(15(21)24-16)10-3-2-4-11(18)14(10)19/h2-4H,5-8,22H2,1H3,(H2,21,23,24). The first-order valence-corrected chi connectivity index (χ1v) is 8.64. The highest BCUT2D eigenvalue weighted by atomic mass is 35.5. The predicted molar refractivity (Wildman–Crippen MR) is 101 cm³/mol. The summed E-state index contributed by atoms with van der Waals surface area (Å²) in [4.78, 5) is 10.8. The molecule has 6 nitrogen and oxygen atoms in total. The van der Waals surface area contributed by atoms with Crippen molar-refractivity contribution in [1.29, 1.82) is 5.26 Å². The van der Waals surface area contributed by atoms with E-state index in [1.807, 2.05) is 11.8 Å². The van der Waals surface area contributed by atoms with Crippen LogP contribution in [0.25, 0.3) is 11.1 Å². The quantitative estimate of drug-likeness (QED) is 0.833. The first kappa shape index (κ1) is 17.7. The Bertz CT molecular complexity index is 849. The Morgan fingerprint density at radius 2 is 1.92 bits per heavy atom. The third kappa shape index (κ3) is 3.49. The van der Waals surface area contributed by atoms with Crippen molar-refractivity contribution in [2.75, 3.05) is 23.7 Å². The van der Waals surface area contributed by atoms with E-state index in [0.29, 0.717) is 40.2 Å². The molecule has 1 aliphatic rings. The predicted octanol–water partition coefficient (Wildman–Crippen LogP) is 3.22. The number of benzene rings is 1. The highest BCUT2D eigenvalue weighted by Crippen LogP contribution is 2.38. The van der Waals surface area contributed by atoms with Gasteiger partial charge in [-0.05, 0) is 25.8 Å². The average Bonchev–Trinajstić information content (AvgIpc) is 2.57. The summed E-state index contributed by atoms with van der Waals surface area (Å²) >= 11 is 12.3. The third-order valence-corrected chi connectivity index (χ3v) is 5.26. The van der Waals surface area contributed by atoms with Gasteiger partial charge in [0.25, 0.3) is 0 Å². The molecule has 1 aromatic carbocycles. The van der Waals surface area contributed by atoms with Crippen molar-refractivity contribution in [3.63, 3.8) is 0 Å². The Hall–Kier alpha value is -2.07. The molecule has 4 N–H and O–H groups in total. The molecule has 0 aliphatic carbocycles. The van der Waals surface area contributed by atoms with E-state index in [9.17, 15) is 5.26 Å². The molecule has 130 valence electrons. The maximum atomic E-state index is 9.56. The van der Waals surface area contributed by atoms with Gasteiger partial charge in [-0.25, -0.2) is 4.98 Å². The molecule has 1 fully saturated rings. The highest BCUT2D eigenvalue weighted by molar-refractivity contribution is 6.43. The minimum absolute atomic E-state index is 0.174. The largest absolute Gasteiger partial charge is 0.383 e. The Morgan fingerprint density at radius 3 is 2.56 bits per heavy atom. The lowest BCUT2D eigenvalue weighted by Gasteiger charge is -2.36. The van der Waals surface area contributed by atoms with E-state index < -0.39 is 0 Å². The second-order valence-corrected chi connectivity index (χ2v) is 7.27. The van der Waals surface area contributed by atoms with Crippen LogP contribution in [0, 0.1) is 11.3 Å². The summed E-state index contributed by atoms with van der Waals surface area (Å²) in [7, 11) is 0. The number of nitrogens with two attached hydrogens (primary N) is 2. The molecule has 2 aromatic rings. The van der Waals surface area contributed by atoms with Crippen LogP contribution in [0.3, 0.4) is 0 Å². The molecule has 2 heterocycles. The number of halogens is 2. The zero-order valence-corrected chi connectivity index (χ0v) is 15.3. The SMILES string of the molecule is CC1(N)CCN(c2nc(N)c(-c3cccc(Cl)c3Cl)c(C#N)n2)CC1. The first-order chi connectivity index (χ1) is 11.8. The maximum absolute atomic E-state index is 9.56. The van der Waals surface area contributed by atoms with Crippen molar-refractivity contribution >= 4 is 35.0 Å². The molecule has 0 unspecified atom stereocenters. The van der Waals surface area contributed by atoms with Crippen LogP contribution in [0.5, 0.6) is 0 Å². The van der Waals surface area contributed by atoms with E-state index in [0.717, 1.165) is 12.8 Å². The fourth-order valence-corrected chi connectivity index (χ4v) is 3.26. The molecule has 8 heteroatoms. The topological polar surface area (TPSA) is 105 Å². The summed E-state index contributed by atoms with van der Waals surface area (Å²) in [5.74, 6) is 0.637. The monoisotopic (exact) mass is 376 g/mol. The molecule has 1 saturated heterocycles. The Morgan fingerprint density at radius 1 is 1.24 bits per heavy atom. The fourth-order valence-electron chi connectivity index (χ4n) is 2.87. The zero-order valence-electron chi connectivity index (χ0n) is 13.8. The third-order valence-electron chi connectivity index (χ3n) is 4.44. The molecule has 0 saturated carbocycles. The zero-order chi connectivity index (χ0) is 18.2. The van der Waals surface area contributed by atoms with Crippen LogP contribution in [0.15, 0.2) is 18.2 Å². The lowest BCUT2D eigenvalue weighted by Crippen LogP contribution is -2.48. The number of rotatable bonds is 2. The van der Waals surface area contributed by atoms with Gasteiger partial charge in [-0.15, -0.1) is 0 Å². The van der Waals surface area contributed by atoms with Gasteiger partial charge in [0.15, 0.2) is 5.69 Å². The number of hydrogen-bond donors (Lipinski definition) is 2. The van der Waals surface area contributed by atoms with Crippen molar-refractivity contribution in [3.05, 3.63) is 33.9 Å². The molecular weight excluding hydrogens is 359 g/mol. The molecule has 1 aromatic heterocycles. The van der Waals surface area contributed by atoms with Crippen molar-refractivity contribution < 1.29 is 0 Å². The molecule has 1 aliphatic heterocycles. The Balaban J connectivity index is 2.03. The molecule has 3 rings (SSSR count). The lowest BCUT2D eigenvalue weighted by molar-refractivity contribution is 0.362. The van der Waals surface area contributed by atoms with Gasteiger partial charge in [0, 0.05) is 24.2 Å². The summed E-state index contributed by atoms with van der Waals surface area (Å²) in [6.45, 7) is 3.47. The van der Waals surface area contributed by atoms with E-state index in [4.69, 9.17) is 34.7 Å². The summed E-state index contributed by atoms with van der Waals surface area (Å²) in [6, 6.07) is 7.24. The number of nitrogen functional groups attached to an aromatic ring is 1. The van der Waals surface area contributed by atoms with E-state index in [1.165, 1.54) is 0 Å². The minimum atomic E-state index is -0.186. The second-order valence-electron chi connectivity index (χ2n) is 6.49. The smallest absolute Gasteiger partial charge is 0.228 e. The van der Waals surface area contributed by atoms with Gasteiger partial charge in [-0.1, -0.05) is 35.3 Å². The lowest BCUT2D eigenvalue weighted by atomic mass is 9.91. The summed E-state index contributed by atoms with van der Waals surface area (Å²) in [6.07, 6.45) is 1.64. The van der Waals surface area contributed by atoms with E-state index in [2.05, 4.69) is 16.0 Å². The van der Waals surface area contributed by atoms with Gasteiger partial charge >= 0.3 is 0 Å². The number of nitriles is 1. The number of nitrogens with zero attached hydrogens (tertiary/aromatic N) is 4. The van der Waals surface area contributed by atoms with Crippen LogP contribution in [0.4, 0.5) is 11.8 Å². The summed E-state index contributed by atoms with van der Waals surface area (Å²) in [5.41, 5.74) is 13.3. The maximum Gasteiger partial charge on any atom is 0.228 e. The van der Waals surface area contributed by atoms with Gasteiger partial charge in [0.05, 0.1) is 15.6 Å². The molecule has 0 bridgehead atoms. The van der Waals surface area contributed by atoms with E-state index in [-0.39, 0.29) is 17.1 Å². The first-order valence-electron chi connectivity index (χ1n) is 7.88. The average molecular weight is 377 g/mol. The molecular formula is C17H18Cl2N6. The molecule has 0 atom stereocenters. The van der Waals surface area contributed by atoms with Gasteiger partial charge in [-0.2, -0.15) is 10.2 Å². The molecule has 25 heavy (non-hydrogen) atoms. The van der Waals surface area contributed by atoms with Crippen molar-refractivity contribution in [2.45, 2.75) is 25.3 Å². The Kier molecular flexibility index (Phi) is 4.74. The highest BCUT2D eigenvalue weighted by Gasteiger charge is 2.28. The van der Waals surface area contributed by atoms with Gasteiger partial charge in [-0.3, -0.25) is 0 Å². The minimum Gasteiger partial charge on any atom is -0.383 e. The normalized spacial score (nSPS) is 16.5. The molecule has 0 spiro atoms. The van der Waals surface area contributed by atoms with Crippen LogP contribution < -0.4 is 16.4 Å². The number of anilines is 2. The second kappa shape index (κ2) is 6.68. The van der Waals surface area contributed by atoms with Crippen molar-refractivity contribution in [1.82, 2.24) is 9.97 Å². The van der Waals surface area contributed by atoms with Crippen LogP contribution in [-0.4, -0.2) is 28.6 Å². The summed E-state index contributed by atoms with van der Waals surface area (Å²) in [5, 5.41) is 10.3. The van der Waals surface area contributed by atoms with Crippen LogP contribution in [0.1, 0.15) is 25.5 Å². The number of hydrogen-bond acceptors (Lipinski definition) is 6. The van der Waals surface area contributed by atoms with E-state index >= 15 is 0 Å². The summed E-state index contributed by atoms with van der Waals surface area (Å²) < 4.78 is 0. The number of aromatic nitrogens is 2.